The van der Waals surface area contributed by atoms with Crippen LogP contribution in [0, 0.1) is 11.9 Å². The highest BCUT2D eigenvalue weighted by Crippen LogP contribution is 2.56. The van der Waals surface area contributed by atoms with E-state index in [4.69, 9.17) is 11.6 Å². The third-order valence-electron chi connectivity index (χ3n) is 6.72. The molecule has 5 heterocycles. The smallest absolute Gasteiger partial charge is 0.309 e. The average Bonchev–Trinajstić information content (AvgIpc) is 3.49. The molecule has 1 saturated carbocycles. The van der Waals surface area contributed by atoms with Crippen LogP contribution in [0.15, 0.2) is 36.9 Å². The molecule has 1 amide bonds. The Balaban J connectivity index is 1.43. The van der Waals surface area contributed by atoms with Crippen LogP contribution in [0.1, 0.15) is 42.6 Å². The summed E-state index contributed by atoms with van der Waals surface area (Å²) in [5.74, 6) is -1.61. The molecule has 0 spiro atoms. The van der Waals surface area contributed by atoms with Gasteiger partial charge in [0.1, 0.15) is 16.9 Å². The van der Waals surface area contributed by atoms with Crippen molar-refractivity contribution >= 4 is 29.0 Å². The number of aromatic nitrogens is 6. The van der Waals surface area contributed by atoms with Crippen molar-refractivity contribution < 1.29 is 22.4 Å². The number of rotatable bonds is 6. The molecular formula is C24H18ClF4N7O. The van der Waals surface area contributed by atoms with Gasteiger partial charge in [-0.3, -0.25) is 9.78 Å². The van der Waals surface area contributed by atoms with Gasteiger partial charge in [0.15, 0.2) is 11.5 Å². The fourth-order valence-electron chi connectivity index (χ4n) is 5.00. The van der Waals surface area contributed by atoms with Gasteiger partial charge in [0.2, 0.25) is 11.9 Å². The molecule has 4 aromatic heterocycles. The summed E-state index contributed by atoms with van der Waals surface area (Å²) in [6.07, 6.45) is 1.99. The Hall–Kier alpha value is -3.67. The molecule has 1 unspecified atom stereocenters. The van der Waals surface area contributed by atoms with E-state index in [-0.39, 0.29) is 41.7 Å². The van der Waals surface area contributed by atoms with E-state index in [0.717, 1.165) is 0 Å². The van der Waals surface area contributed by atoms with Gasteiger partial charge in [-0.25, -0.2) is 15.0 Å². The molecule has 1 N–H and O–H groups in total. The Kier molecular flexibility index (Phi) is 5.41. The van der Waals surface area contributed by atoms with Gasteiger partial charge in [-0.15, -0.1) is 0 Å². The van der Waals surface area contributed by atoms with Gasteiger partial charge < -0.3 is 9.72 Å². The molecule has 0 bridgehead atoms. The largest absolute Gasteiger partial charge is 0.389 e. The van der Waals surface area contributed by atoms with E-state index in [2.05, 4.69) is 30.2 Å². The van der Waals surface area contributed by atoms with Crippen LogP contribution in [-0.2, 0) is 16.6 Å². The highest BCUT2D eigenvalue weighted by atomic mass is 35.5. The lowest BCUT2D eigenvalue weighted by Crippen LogP contribution is -2.39. The molecule has 1 aliphatic heterocycles. The zero-order chi connectivity index (χ0) is 25.9. The molecule has 190 valence electrons. The van der Waals surface area contributed by atoms with Crippen LogP contribution in [0.5, 0.6) is 0 Å². The minimum atomic E-state index is -4.29. The fraction of sp³-hybridized carbons (Fsp3) is 0.333. The Labute approximate surface area is 212 Å². The van der Waals surface area contributed by atoms with E-state index in [1.165, 1.54) is 18.6 Å². The van der Waals surface area contributed by atoms with Crippen LogP contribution in [0.2, 0.25) is 5.02 Å². The second kappa shape index (κ2) is 8.44. The van der Waals surface area contributed by atoms with Gasteiger partial charge in [0.25, 0.3) is 0 Å². The number of anilines is 1. The van der Waals surface area contributed by atoms with E-state index in [1.54, 1.807) is 22.7 Å². The van der Waals surface area contributed by atoms with E-state index in [1.807, 2.05) is 0 Å². The van der Waals surface area contributed by atoms with Crippen LogP contribution >= 0.6 is 11.6 Å². The van der Waals surface area contributed by atoms with E-state index >= 15 is 4.39 Å². The lowest BCUT2D eigenvalue weighted by Gasteiger charge is -2.26. The molecular weight excluding hydrogens is 514 g/mol. The third kappa shape index (κ3) is 3.99. The maximum atomic E-state index is 15.8. The van der Waals surface area contributed by atoms with Crippen molar-refractivity contribution in [3.8, 4) is 11.5 Å². The van der Waals surface area contributed by atoms with Gasteiger partial charge in [-0.05, 0) is 43.7 Å². The van der Waals surface area contributed by atoms with E-state index < -0.39 is 29.9 Å². The summed E-state index contributed by atoms with van der Waals surface area (Å²) in [6.45, 7) is 0. The molecule has 37 heavy (non-hydrogen) atoms. The number of nitrogens with one attached hydrogen (secondary N) is 1. The van der Waals surface area contributed by atoms with Gasteiger partial charge in [-0.1, -0.05) is 11.6 Å². The lowest BCUT2D eigenvalue weighted by atomic mass is 9.74. The molecule has 4 aromatic rings. The van der Waals surface area contributed by atoms with Crippen LogP contribution < -0.4 is 5.32 Å². The quantitative estimate of drug-likeness (QED) is 0.280. The molecule has 1 aliphatic carbocycles. The Morgan fingerprint density at radius 2 is 1.97 bits per heavy atom. The average molecular weight is 532 g/mol. The number of halogens is 5. The highest BCUT2D eigenvalue weighted by molar-refractivity contribution is 6.30. The Morgan fingerprint density at radius 1 is 1.16 bits per heavy atom. The number of alkyl halides is 3. The zero-order valence-electron chi connectivity index (χ0n) is 19.1. The molecule has 0 radical (unpaired) electrons. The van der Waals surface area contributed by atoms with Crippen LogP contribution in [0.3, 0.4) is 0 Å². The minimum absolute atomic E-state index is 0.00501. The van der Waals surface area contributed by atoms with Crippen LogP contribution in [0.25, 0.3) is 17.2 Å². The number of amides is 1. The maximum absolute atomic E-state index is 15.8. The van der Waals surface area contributed by atoms with Crippen molar-refractivity contribution in [1.29, 1.82) is 0 Å². The number of nitrogens with zero attached hydrogens (tertiary/aromatic N) is 6. The normalized spacial score (nSPS) is 19.3. The van der Waals surface area contributed by atoms with Crippen LogP contribution in [0.4, 0.5) is 23.4 Å². The van der Waals surface area contributed by atoms with Crippen molar-refractivity contribution in [3.63, 3.8) is 0 Å². The first-order valence-electron chi connectivity index (χ1n) is 11.6. The summed E-state index contributed by atoms with van der Waals surface area (Å²) < 4.78 is 55.4. The predicted octanol–water partition coefficient (Wildman–Crippen LogP) is 4.91. The lowest BCUT2D eigenvalue weighted by molar-refractivity contribution is -0.135. The number of hydrogen-bond acceptors (Lipinski definition) is 6. The van der Waals surface area contributed by atoms with E-state index in [0.29, 0.717) is 34.9 Å². The van der Waals surface area contributed by atoms with Crippen molar-refractivity contribution in [2.24, 2.45) is 5.92 Å². The second-order valence-corrected chi connectivity index (χ2v) is 9.60. The molecule has 13 heteroatoms. The highest BCUT2D eigenvalue weighted by Gasteiger charge is 2.61. The van der Waals surface area contributed by atoms with Gasteiger partial charge in [0.05, 0.1) is 22.0 Å². The molecule has 1 atom stereocenters. The van der Waals surface area contributed by atoms with Crippen molar-refractivity contribution in [2.45, 2.75) is 43.7 Å². The number of hydrogen-bond donors (Lipinski definition) is 1. The van der Waals surface area contributed by atoms with Gasteiger partial charge in [-0.2, -0.15) is 22.5 Å². The number of aryl methyl sites for hydroxylation is 1. The van der Waals surface area contributed by atoms with Crippen molar-refractivity contribution in [3.05, 3.63) is 64.8 Å². The Bertz CT molecular complexity index is 1530. The molecule has 6 rings (SSSR count). The minimum Gasteiger partial charge on any atom is -0.309 e. The molecule has 0 aromatic carbocycles. The summed E-state index contributed by atoms with van der Waals surface area (Å²) in [5.41, 5.74) is -0.173. The number of imidazole rings is 1. The zero-order valence-corrected chi connectivity index (χ0v) is 19.8. The molecule has 2 aliphatic rings. The molecule has 1 fully saturated rings. The number of carbonyl (C=O) groups excluding carboxylic acids is 1. The number of carbonyl (C=O) groups is 1. The molecule has 0 saturated heterocycles. The van der Waals surface area contributed by atoms with Crippen molar-refractivity contribution in [2.75, 3.05) is 5.32 Å². The standard InChI is InChI=1S/C24H18ClF4N7O/c25-13-5-6-16(31-10-13)24(12-3-4-12)17-18(26)33-19(34-20(17)35-22(24)37)15-11-36-9-8-30-21(36)14(32-15)2-1-7-23(27,28)29/h5-6,8-12H,1-4,7H2,(H,33,34,35,37). The monoisotopic (exact) mass is 531 g/mol. The van der Waals surface area contributed by atoms with E-state index in [9.17, 15) is 18.0 Å². The summed E-state index contributed by atoms with van der Waals surface area (Å²) >= 11 is 5.98. The topological polar surface area (TPSA) is 98.0 Å². The number of pyridine rings is 1. The Morgan fingerprint density at radius 3 is 2.68 bits per heavy atom. The summed E-state index contributed by atoms with van der Waals surface area (Å²) in [4.78, 5) is 34.8. The van der Waals surface area contributed by atoms with Gasteiger partial charge in [0, 0.05) is 31.2 Å². The summed E-state index contributed by atoms with van der Waals surface area (Å²) in [5, 5.41) is 3.08. The van der Waals surface area contributed by atoms with Crippen LogP contribution in [-0.4, -0.2) is 41.4 Å². The first-order valence-corrected chi connectivity index (χ1v) is 12.0. The third-order valence-corrected chi connectivity index (χ3v) is 6.94. The first-order chi connectivity index (χ1) is 17.7. The fourth-order valence-corrected chi connectivity index (χ4v) is 5.12. The summed E-state index contributed by atoms with van der Waals surface area (Å²) in [6, 6.07) is 3.20. The summed E-state index contributed by atoms with van der Waals surface area (Å²) in [7, 11) is 0. The maximum Gasteiger partial charge on any atom is 0.389 e. The second-order valence-electron chi connectivity index (χ2n) is 9.16. The molecule has 8 nitrogen and oxygen atoms in total. The number of fused-ring (bicyclic) bond motifs is 2. The SMILES string of the molecule is O=C1Nc2nc(-c3cn4ccnc4c(CCCC(F)(F)F)n3)nc(F)c2C1(c1ccc(Cl)cn1)C1CC1. The van der Waals surface area contributed by atoms with Gasteiger partial charge >= 0.3 is 6.18 Å². The van der Waals surface area contributed by atoms with Crippen molar-refractivity contribution in [1.82, 2.24) is 29.3 Å². The first kappa shape index (κ1) is 23.7. The predicted molar refractivity (Wildman–Crippen MR) is 124 cm³/mol.